The molecule has 0 aliphatic heterocycles. The lowest BCUT2D eigenvalue weighted by Gasteiger charge is -2.09. The van der Waals surface area contributed by atoms with Gasteiger partial charge in [-0.15, -0.1) is 0 Å². The molecular formula is C13H12N4O. The van der Waals surface area contributed by atoms with Crippen LogP contribution in [0.4, 0.5) is 5.69 Å². The van der Waals surface area contributed by atoms with Gasteiger partial charge in [0.25, 0.3) is 0 Å². The summed E-state index contributed by atoms with van der Waals surface area (Å²) in [7, 11) is 1.58. The maximum absolute atomic E-state index is 8.93. The van der Waals surface area contributed by atoms with Crippen molar-refractivity contribution in [3.05, 3.63) is 47.9 Å². The Hall–Kier alpha value is -2.61. The summed E-state index contributed by atoms with van der Waals surface area (Å²) >= 11 is 0. The Balaban J connectivity index is 2.14. The number of aromatic nitrogens is 2. The maximum atomic E-state index is 8.93. The molecular weight excluding hydrogens is 228 g/mol. The number of pyridine rings is 2. The van der Waals surface area contributed by atoms with Crippen LogP contribution < -0.4 is 10.1 Å². The van der Waals surface area contributed by atoms with Gasteiger partial charge in [0.05, 0.1) is 12.8 Å². The van der Waals surface area contributed by atoms with Crippen molar-refractivity contribution in [2.75, 3.05) is 12.4 Å². The molecule has 2 aromatic rings. The second-order valence-corrected chi connectivity index (χ2v) is 3.54. The van der Waals surface area contributed by atoms with Crippen LogP contribution in [0.1, 0.15) is 11.3 Å². The average molecular weight is 240 g/mol. The van der Waals surface area contributed by atoms with Crippen molar-refractivity contribution in [2.24, 2.45) is 0 Å². The highest BCUT2D eigenvalue weighted by Gasteiger charge is 2.05. The Morgan fingerprint density at radius 3 is 2.83 bits per heavy atom. The van der Waals surface area contributed by atoms with Crippen LogP contribution in [-0.4, -0.2) is 17.1 Å². The number of nitrogens with zero attached hydrogens (tertiary/aromatic N) is 3. The van der Waals surface area contributed by atoms with Crippen molar-refractivity contribution < 1.29 is 4.74 Å². The summed E-state index contributed by atoms with van der Waals surface area (Å²) in [6, 6.07) is 9.39. The van der Waals surface area contributed by atoms with Gasteiger partial charge in [0.2, 0.25) is 5.88 Å². The van der Waals surface area contributed by atoms with E-state index in [0.29, 0.717) is 23.8 Å². The molecule has 0 bridgehead atoms. The smallest absolute Gasteiger partial charge is 0.218 e. The Kier molecular flexibility index (Phi) is 3.72. The topological polar surface area (TPSA) is 70.8 Å². The van der Waals surface area contributed by atoms with Gasteiger partial charge in [-0.25, -0.2) is 9.97 Å². The molecule has 1 N–H and O–H groups in total. The zero-order chi connectivity index (χ0) is 12.8. The molecule has 0 spiro atoms. The molecule has 0 saturated carbocycles. The minimum absolute atomic E-state index is 0.375. The molecule has 2 rings (SSSR count). The highest BCUT2D eigenvalue weighted by atomic mass is 16.5. The van der Waals surface area contributed by atoms with E-state index in [2.05, 4.69) is 15.3 Å². The van der Waals surface area contributed by atoms with Gasteiger partial charge in [-0.05, 0) is 18.2 Å². The van der Waals surface area contributed by atoms with Crippen molar-refractivity contribution in [1.82, 2.24) is 9.97 Å². The largest absolute Gasteiger partial charge is 0.481 e. The summed E-state index contributed by atoms with van der Waals surface area (Å²) < 4.78 is 5.16. The molecule has 0 aliphatic rings. The summed E-state index contributed by atoms with van der Waals surface area (Å²) in [6.07, 6.45) is 3.27. The fourth-order valence-electron chi connectivity index (χ4n) is 1.57. The van der Waals surface area contributed by atoms with Gasteiger partial charge in [-0.1, -0.05) is 6.07 Å². The Morgan fingerprint density at radius 1 is 1.28 bits per heavy atom. The lowest BCUT2D eigenvalue weighted by Crippen LogP contribution is -2.04. The molecule has 0 saturated heterocycles. The number of anilines is 1. The third-order valence-electron chi connectivity index (χ3n) is 2.43. The van der Waals surface area contributed by atoms with Gasteiger partial charge in [0.15, 0.2) is 5.69 Å². The van der Waals surface area contributed by atoms with Crippen molar-refractivity contribution in [2.45, 2.75) is 6.54 Å². The van der Waals surface area contributed by atoms with E-state index in [1.54, 1.807) is 25.6 Å². The SMILES string of the molecule is COc1ncccc1CNc1cccnc1C#N. The number of rotatable bonds is 4. The van der Waals surface area contributed by atoms with Crippen molar-refractivity contribution in [3.8, 4) is 11.9 Å². The molecule has 5 nitrogen and oxygen atoms in total. The number of nitrogens with one attached hydrogen (secondary N) is 1. The predicted octanol–water partition coefficient (Wildman–Crippen LogP) is 1.97. The lowest BCUT2D eigenvalue weighted by molar-refractivity contribution is 0.393. The van der Waals surface area contributed by atoms with Crippen LogP contribution in [0, 0.1) is 11.3 Å². The standard InChI is InChI=1S/C13H12N4O/c1-18-13-10(4-2-7-16-13)9-17-11-5-3-6-15-12(11)8-14/h2-7,17H,9H2,1H3. The number of nitriles is 1. The monoisotopic (exact) mass is 240 g/mol. The Morgan fingerprint density at radius 2 is 2.06 bits per heavy atom. The van der Waals surface area contributed by atoms with Gasteiger partial charge >= 0.3 is 0 Å². The molecule has 90 valence electrons. The minimum atomic E-state index is 0.375. The molecule has 2 aromatic heterocycles. The van der Waals surface area contributed by atoms with Crippen molar-refractivity contribution in [3.63, 3.8) is 0 Å². The molecule has 0 radical (unpaired) electrons. The van der Waals surface area contributed by atoms with Crippen LogP contribution in [0.15, 0.2) is 36.7 Å². The highest BCUT2D eigenvalue weighted by Crippen LogP contribution is 2.17. The van der Waals surface area contributed by atoms with Gasteiger partial charge in [-0.3, -0.25) is 0 Å². The fourth-order valence-corrected chi connectivity index (χ4v) is 1.57. The maximum Gasteiger partial charge on any atom is 0.218 e. The molecule has 0 atom stereocenters. The van der Waals surface area contributed by atoms with Gasteiger partial charge < -0.3 is 10.1 Å². The van der Waals surface area contributed by atoms with Gasteiger partial charge in [0.1, 0.15) is 6.07 Å². The first-order valence-corrected chi connectivity index (χ1v) is 5.42. The second kappa shape index (κ2) is 5.64. The van der Waals surface area contributed by atoms with Crippen LogP contribution in [0.2, 0.25) is 0 Å². The lowest BCUT2D eigenvalue weighted by atomic mass is 10.2. The molecule has 0 amide bonds. The van der Waals surface area contributed by atoms with Crippen molar-refractivity contribution in [1.29, 1.82) is 5.26 Å². The molecule has 0 aliphatic carbocycles. The summed E-state index contributed by atoms with van der Waals surface area (Å²) in [5.41, 5.74) is 2.00. The molecule has 0 unspecified atom stereocenters. The predicted molar refractivity (Wildman–Crippen MR) is 67.1 cm³/mol. The van der Waals surface area contributed by atoms with E-state index >= 15 is 0 Å². The zero-order valence-electron chi connectivity index (χ0n) is 9.92. The molecule has 0 fully saturated rings. The first-order valence-electron chi connectivity index (χ1n) is 5.42. The van der Waals surface area contributed by atoms with Gasteiger partial charge in [0, 0.05) is 24.5 Å². The van der Waals surface area contributed by atoms with E-state index in [-0.39, 0.29) is 0 Å². The van der Waals surface area contributed by atoms with E-state index in [1.807, 2.05) is 24.3 Å². The van der Waals surface area contributed by atoms with Crippen LogP contribution >= 0.6 is 0 Å². The zero-order valence-corrected chi connectivity index (χ0v) is 9.92. The quantitative estimate of drug-likeness (QED) is 0.884. The molecule has 18 heavy (non-hydrogen) atoms. The first kappa shape index (κ1) is 11.9. The average Bonchev–Trinajstić information content (AvgIpc) is 2.45. The van der Waals surface area contributed by atoms with Gasteiger partial charge in [-0.2, -0.15) is 5.26 Å². The Bertz CT molecular complexity index is 577. The third-order valence-corrected chi connectivity index (χ3v) is 2.43. The number of hydrogen-bond donors (Lipinski definition) is 1. The van der Waals surface area contributed by atoms with E-state index in [0.717, 1.165) is 5.56 Å². The van der Waals surface area contributed by atoms with E-state index in [1.165, 1.54) is 0 Å². The summed E-state index contributed by atoms with van der Waals surface area (Å²) in [6.45, 7) is 0.525. The van der Waals surface area contributed by atoms with Crippen LogP contribution in [0.25, 0.3) is 0 Å². The summed E-state index contributed by atoms with van der Waals surface area (Å²) in [4.78, 5) is 8.09. The fraction of sp³-hybridized carbons (Fsp3) is 0.154. The van der Waals surface area contributed by atoms with Crippen LogP contribution in [0.3, 0.4) is 0 Å². The molecule has 0 aromatic carbocycles. The Labute approximate surface area is 105 Å². The van der Waals surface area contributed by atoms with E-state index in [4.69, 9.17) is 10.00 Å². The second-order valence-electron chi connectivity index (χ2n) is 3.54. The van der Waals surface area contributed by atoms with Crippen LogP contribution in [-0.2, 0) is 6.54 Å². The third kappa shape index (κ3) is 2.55. The number of methoxy groups -OCH3 is 1. The summed E-state index contributed by atoms with van der Waals surface area (Å²) in [5.74, 6) is 0.576. The highest BCUT2D eigenvalue weighted by molar-refractivity contribution is 5.53. The molecule has 5 heteroatoms. The van der Waals surface area contributed by atoms with E-state index in [9.17, 15) is 0 Å². The first-order chi connectivity index (χ1) is 8.85. The van der Waals surface area contributed by atoms with E-state index < -0.39 is 0 Å². The minimum Gasteiger partial charge on any atom is -0.481 e. The summed E-state index contributed by atoms with van der Waals surface area (Å²) in [5, 5.41) is 12.1. The number of hydrogen-bond acceptors (Lipinski definition) is 5. The number of ether oxygens (including phenoxy) is 1. The molecule has 2 heterocycles. The van der Waals surface area contributed by atoms with Crippen molar-refractivity contribution >= 4 is 5.69 Å². The van der Waals surface area contributed by atoms with Crippen LogP contribution in [0.5, 0.6) is 5.88 Å². The normalized spacial score (nSPS) is 9.56.